The van der Waals surface area contributed by atoms with Gasteiger partial charge in [-0.05, 0) is 44.4 Å². The van der Waals surface area contributed by atoms with E-state index in [-0.39, 0.29) is 5.82 Å². The smallest absolute Gasteiger partial charge is 0.123 e. The SMILES string of the molecule is CC1CCCC(C)N1NCc1cccc(F)c1. The molecule has 0 bridgehead atoms. The van der Waals surface area contributed by atoms with E-state index in [1.165, 1.54) is 25.3 Å². The van der Waals surface area contributed by atoms with Crippen LogP contribution in [-0.4, -0.2) is 17.1 Å². The monoisotopic (exact) mass is 236 g/mol. The third-order valence-electron chi connectivity index (χ3n) is 3.55. The van der Waals surface area contributed by atoms with Crippen LogP contribution >= 0.6 is 0 Å². The van der Waals surface area contributed by atoms with Crippen molar-refractivity contribution in [3.8, 4) is 0 Å². The lowest BCUT2D eigenvalue weighted by Gasteiger charge is -2.39. The Morgan fingerprint density at radius 2 is 2.00 bits per heavy atom. The molecule has 2 nitrogen and oxygen atoms in total. The molecule has 1 saturated heterocycles. The molecule has 17 heavy (non-hydrogen) atoms. The highest BCUT2D eigenvalue weighted by molar-refractivity contribution is 5.15. The predicted molar refractivity (Wildman–Crippen MR) is 67.9 cm³/mol. The van der Waals surface area contributed by atoms with Crippen molar-refractivity contribution >= 4 is 0 Å². The molecule has 0 aromatic heterocycles. The second kappa shape index (κ2) is 5.61. The van der Waals surface area contributed by atoms with Crippen molar-refractivity contribution in [3.63, 3.8) is 0 Å². The molecule has 1 fully saturated rings. The maximum atomic E-state index is 13.0. The lowest BCUT2D eigenvalue weighted by atomic mass is 10.00. The molecule has 1 aromatic rings. The topological polar surface area (TPSA) is 15.3 Å². The first-order valence-corrected chi connectivity index (χ1v) is 6.43. The fourth-order valence-electron chi connectivity index (χ4n) is 2.56. The zero-order valence-electron chi connectivity index (χ0n) is 10.6. The van der Waals surface area contributed by atoms with Gasteiger partial charge in [0.2, 0.25) is 0 Å². The van der Waals surface area contributed by atoms with Gasteiger partial charge < -0.3 is 0 Å². The summed E-state index contributed by atoms with van der Waals surface area (Å²) in [5.41, 5.74) is 4.43. The number of nitrogens with one attached hydrogen (secondary N) is 1. The first-order valence-electron chi connectivity index (χ1n) is 6.43. The van der Waals surface area contributed by atoms with Crippen molar-refractivity contribution < 1.29 is 4.39 Å². The number of hydrazine groups is 1. The van der Waals surface area contributed by atoms with Gasteiger partial charge in [-0.25, -0.2) is 9.40 Å². The van der Waals surface area contributed by atoms with Gasteiger partial charge in [0.15, 0.2) is 0 Å². The molecule has 1 N–H and O–H groups in total. The first-order chi connectivity index (χ1) is 8.16. The van der Waals surface area contributed by atoms with E-state index in [4.69, 9.17) is 0 Å². The molecule has 1 aliphatic rings. The Hall–Kier alpha value is -0.930. The lowest BCUT2D eigenvalue weighted by Crippen LogP contribution is -2.51. The van der Waals surface area contributed by atoms with Crippen molar-refractivity contribution in [2.75, 3.05) is 0 Å². The van der Waals surface area contributed by atoms with E-state index in [2.05, 4.69) is 24.3 Å². The molecule has 2 unspecified atom stereocenters. The Bertz CT molecular complexity index is 357. The number of hydrogen-bond acceptors (Lipinski definition) is 2. The van der Waals surface area contributed by atoms with Crippen molar-refractivity contribution in [2.45, 2.75) is 51.7 Å². The molecule has 0 radical (unpaired) electrons. The summed E-state index contributed by atoms with van der Waals surface area (Å²) in [5, 5.41) is 2.31. The summed E-state index contributed by atoms with van der Waals surface area (Å²) in [6.45, 7) is 5.19. The highest BCUT2D eigenvalue weighted by Crippen LogP contribution is 2.20. The van der Waals surface area contributed by atoms with Gasteiger partial charge >= 0.3 is 0 Å². The van der Waals surface area contributed by atoms with Crippen LogP contribution in [0.1, 0.15) is 38.7 Å². The molecular formula is C14H21FN2. The minimum atomic E-state index is -0.163. The van der Waals surface area contributed by atoms with Crippen molar-refractivity contribution in [3.05, 3.63) is 35.6 Å². The van der Waals surface area contributed by atoms with Crippen LogP contribution in [0.15, 0.2) is 24.3 Å². The Morgan fingerprint density at radius 3 is 2.65 bits per heavy atom. The normalized spacial score (nSPS) is 26.1. The number of nitrogens with zero attached hydrogens (tertiary/aromatic N) is 1. The average Bonchev–Trinajstić information content (AvgIpc) is 2.28. The molecule has 1 aromatic carbocycles. The third-order valence-corrected chi connectivity index (χ3v) is 3.55. The van der Waals surface area contributed by atoms with E-state index in [1.54, 1.807) is 12.1 Å². The summed E-state index contributed by atoms with van der Waals surface area (Å²) >= 11 is 0. The van der Waals surface area contributed by atoms with Crippen molar-refractivity contribution in [2.24, 2.45) is 0 Å². The number of rotatable bonds is 3. The molecule has 0 amide bonds. The zero-order chi connectivity index (χ0) is 12.3. The van der Waals surface area contributed by atoms with Crippen LogP contribution in [0.4, 0.5) is 4.39 Å². The standard InChI is InChI=1S/C14H21FN2/c1-11-5-3-6-12(2)17(11)16-10-13-7-4-8-14(15)9-13/h4,7-9,11-12,16H,3,5-6,10H2,1-2H3. The Morgan fingerprint density at radius 1 is 1.29 bits per heavy atom. The van der Waals surface area contributed by atoms with Crippen LogP contribution in [0.3, 0.4) is 0 Å². The van der Waals surface area contributed by atoms with Gasteiger partial charge in [0, 0.05) is 18.6 Å². The van der Waals surface area contributed by atoms with E-state index in [1.807, 2.05) is 6.07 Å². The molecule has 94 valence electrons. The second-order valence-electron chi connectivity index (χ2n) is 5.00. The molecule has 2 rings (SSSR count). The minimum absolute atomic E-state index is 0.163. The van der Waals surface area contributed by atoms with Gasteiger partial charge in [0.1, 0.15) is 5.82 Å². The van der Waals surface area contributed by atoms with Crippen LogP contribution < -0.4 is 5.43 Å². The summed E-state index contributed by atoms with van der Waals surface area (Å²) in [7, 11) is 0. The number of piperidine rings is 1. The molecule has 2 atom stereocenters. The third kappa shape index (κ3) is 3.27. The summed E-state index contributed by atoms with van der Waals surface area (Å²) < 4.78 is 13.0. The van der Waals surface area contributed by atoms with E-state index < -0.39 is 0 Å². The minimum Gasteiger partial charge on any atom is -0.250 e. The van der Waals surface area contributed by atoms with Crippen molar-refractivity contribution in [1.29, 1.82) is 0 Å². The van der Waals surface area contributed by atoms with Crippen molar-refractivity contribution in [1.82, 2.24) is 10.4 Å². The molecule has 0 saturated carbocycles. The van der Waals surface area contributed by atoms with E-state index in [0.29, 0.717) is 18.6 Å². The molecule has 3 heteroatoms. The highest BCUT2D eigenvalue weighted by Gasteiger charge is 2.23. The van der Waals surface area contributed by atoms with Gasteiger partial charge in [-0.3, -0.25) is 5.43 Å². The fourth-order valence-corrected chi connectivity index (χ4v) is 2.56. The molecule has 0 spiro atoms. The summed E-state index contributed by atoms with van der Waals surface area (Å²) in [4.78, 5) is 0. The maximum Gasteiger partial charge on any atom is 0.123 e. The zero-order valence-corrected chi connectivity index (χ0v) is 10.6. The van der Waals surface area contributed by atoms with Gasteiger partial charge in [-0.15, -0.1) is 0 Å². The summed E-state index contributed by atoms with van der Waals surface area (Å²) in [5.74, 6) is -0.163. The first kappa shape index (κ1) is 12.5. The number of benzene rings is 1. The molecule has 1 heterocycles. The predicted octanol–water partition coefficient (Wildman–Crippen LogP) is 3.09. The van der Waals surface area contributed by atoms with E-state index >= 15 is 0 Å². The number of hydrogen-bond donors (Lipinski definition) is 1. The highest BCUT2D eigenvalue weighted by atomic mass is 19.1. The quantitative estimate of drug-likeness (QED) is 0.867. The van der Waals surface area contributed by atoms with Gasteiger partial charge in [0.05, 0.1) is 0 Å². The van der Waals surface area contributed by atoms with Crippen LogP contribution in [0.2, 0.25) is 0 Å². The Balaban J connectivity index is 1.92. The van der Waals surface area contributed by atoms with Crippen LogP contribution in [0, 0.1) is 5.82 Å². The van der Waals surface area contributed by atoms with E-state index in [9.17, 15) is 4.39 Å². The molecule has 0 aliphatic carbocycles. The van der Waals surface area contributed by atoms with Crippen LogP contribution in [0.25, 0.3) is 0 Å². The van der Waals surface area contributed by atoms with Gasteiger partial charge in [-0.2, -0.15) is 0 Å². The average molecular weight is 236 g/mol. The number of halogens is 1. The lowest BCUT2D eigenvalue weighted by molar-refractivity contribution is 0.0435. The largest absolute Gasteiger partial charge is 0.250 e. The second-order valence-corrected chi connectivity index (χ2v) is 5.00. The summed E-state index contributed by atoms with van der Waals surface area (Å²) in [6.07, 6.45) is 3.78. The summed E-state index contributed by atoms with van der Waals surface area (Å²) in [6, 6.07) is 7.91. The van der Waals surface area contributed by atoms with Gasteiger partial charge in [-0.1, -0.05) is 18.6 Å². The van der Waals surface area contributed by atoms with Crippen LogP contribution in [-0.2, 0) is 6.54 Å². The maximum absolute atomic E-state index is 13.0. The molecular weight excluding hydrogens is 215 g/mol. The fraction of sp³-hybridized carbons (Fsp3) is 0.571. The van der Waals surface area contributed by atoms with Crippen LogP contribution in [0.5, 0.6) is 0 Å². The Labute approximate surface area is 103 Å². The van der Waals surface area contributed by atoms with Gasteiger partial charge in [0.25, 0.3) is 0 Å². The van der Waals surface area contributed by atoms with E-state index in [0.717, 1.165) is 5.56 Å². The Kier molecular flexibility index (Phi) is 4.13. The molecule has 1 aliphatic heterocycles.